The fraction of sp³-hybridized carbons (Fsp3) is 0.500. The normalized spacial score (nSPS) is 11.3. The lowest BCUT2D eigenvalue weighted by Gasteiger charge is -2.18. The van der Waals surface area contributed by atoms with E-state index in [1.54, 1.807) is 19.2 Å². The number of carbonyl (C=O) groups excluding carboxylic acids is 1. The molecule has 1 rings (SSSR count). The van der Waals surface area contributed by atoms with Crippen molar-refractivity contribution in [3.05, 3.63) is 22.2 Å². The average molecular weight is 330 g/mol. The Kier molecular flexibility index (Phi) is 5.38. The molecule has 0 saturated carbocycles. The van der Waals surface area contributed by atoms with E-state index in [1.165, 1.54) is 7.11 Å². The van der Waals surface area contributed by atoms with E-state index in [0.29, 0.717) is 34.4 Å². The molecule has 106 valence electrons. The van der Waals surface area contributed by atoms with Crippen molar-refractivity contribution in [2.45, 2.75) is 32.2 Å². The van der Waals surface area contributed by atoms with Crippen LogP contribution >= 0.6 is 15.9 Å². The zero-order valence-corrected chi connectivity index (χ0v) is 13.3. The quantitative estimate of drug-likeness (QED) is 0.814. The van der Waals surface area contributed by atoms with E-state index in [1.807, 2.05) is 13.8 Å². The fourth-order valence-electron chi connectivity index (χ4n) is 1.69. The molecule has 0 bridgehead atoms. The summed E-state index contributed by atoms with van der Waals surface area (Å²) in [7, 11) is 3.10. The van der Waals surface area contributed by atoms with Crippen molar-refractivity contribution in [3.63, 3.8) is 0 Å². The van der Waals surface area contributed by atoms with E-state index in [0.717, 1.165) is 0 Å². The number of carbonyl (C=O) groups is 1. The molecule has 0 atom stereocenters. The second kappa shape index (κ2) is 6.39. The van der Waals surface area contributed by atoms with Crippen LogP contribution in [0.1, 0.15) is 37.0 Å². The van der Waals surface area contributed by atoms with Crippen LogP contribution in [0, 0.1) is 0 Å². The lowest BCUT2D eigenvalue weighted by Crippen LogP contribution is -2.32. The number of rotatable bonds is 6. The number of Topliss-reactive ketones (excluding diaryl/α,β-unsaturated/α-hetero) is 1. The van der Waals surface area contributed by atoms with Gasteiger partial charge in [-0.3, -0.25) is 4.79 Å². The number of nitrogens with two attached hydrogens (primary N) is 1. The molecule has 0 spiro atoms. The highest BCUT2D eigenvalue weighted by atomic mass is 79.9. The number of methoxy groups -OCH3 is 2. The van der Waals surface area contributed by atoms with Crippen molar-refractivity contribution in [3.8, 4) is 11.5 Å². The third kappa shape index (κ3) is 4.21. The fourth-order valence-corrected chi connectivity index (χ4v) is 2.35. The van der Waals surface area contributed by atoms with Gasteiger partial charge < -0.3 is 15.2 Å². The molecule has 0 aliphatic rings. The van der Waals surface area contributed by atoms with Crippen LogP contribution in [0.3, 0.4) is 0 Å². The molecule has 1 aromatic carbocycles. The first kappa shape index (κ1) is 16.0. The molecular formula is C14H20BrNO3. The Morgan fingerprint density at radius 2 is 1.95 bits per heavy atom. The monoisotopic (exact) mass is 329 g/mol. The summed E-state index contributed by atoms with van der Waals surface area (Å²) in [6, 6.07) is 3.46. The Morgan fingerprint density at radius 3 is 2.42 bits per heavy atom. The van der Waals surface area contributed by atoms with Crippen molar-refractivity contribution in [2.75, 3.05) is 14.2 Å². The maximum Gasteiger partial charge on any atom is 0.166 e. The van der Waals surface area contributed by atoms with Gasteiger partial charge in [0.05, 0.1) is 19.8 Å². The van der Waals surface area contributed by atoms with E-state index < -0.39 is 0 Å². The van der Waals surface area contributed by atoms with Gasteiger partial charge in [0.1, 0.15) is 16.0 Å². The Labute approximate surface area is 122 Å². The smallest absolute Gasteiger partial charge is 0.166 e. The topological polar surface area (TPSA) is 61.5 Å². The van der Waals surface area contributed by atoms with Crippen LogP contribution in [0.25, 0.3) is 0 Å². The van der Waals surface area contributed by atoms with Crippen LogP contribution in [0.5, 0.6) is 11.5 Å². The molecule has 0 aliphatic heterocycles. The van der Waals surface area contributed by atoms with Gasteiger partial charge in [-0.1, -0.05) is 0 Å². The number of benzene rings is 1. The summed E-state index contributed by atoms with van der Waals surface area (Å²) in [5, 5.41) is 0. The highest BCUT2D eigenvalue weighted by molar-refractivity contribution is 9.10. The van der Waals surface area contributed by atoms with E-state index in [9.17, 15) is 4.79 Å². The third-order valence-electron chi connectivity index (χ3n) is 2.78. The maximum atomic E-state index is 12.2. The molecule has 19 heavy (non-hydrogen) atoms. The van der Waals surface area contributed by atoms with Crippen LogP contribution in [0.2, 0.25) is 0 Å². The molecular weight excluding hydrogens is 310 g/mol. The first-order valence-corrected chi connectivity index (χ1v) is 6.82. The summed E-state index contributed by atoms with van der Waals surface area (Å²) in [5.74, 6) is 1.14. The summed E-state index contributed by atoms with van der Waals surface area (Å²) in [6.07, 6.45) is 1.01. The van der Waals surface area contributed by atoms with Crippen LogP contribution < -0.4 is 15.2 Å². The second-order valence-corrected chi connectivity index (χ2v) is 5.87. The lowest BCUT2D eigenvalue weighted by molar-refractivity contribution is 0.0969. The van der Waals surface area contributed by atoms with Gasteiger partial charge >= 0.3 is 0 Å². The van der Waals surface area contributed by atoms with Crippen LogP contribution in [0.4, 0.5) is 0 Å². The van der Waals surface area contributed by atoms with Crippen LogP contribution in [0.15, 0.2) is 16.6 Å². The molecule has 0 radical (unpaired) electrons. The van der Waals surface area contributed by atoms with E-state index in [2.05, 4.69) is 15.9 Å². The zero-order valence-electron chi connectivity index (χ0n) is 11.7. The zero-order chi connectivity index (χ0) is 14.6. The summed E-state index contributed by atoms with van der Waals surface area (Å²) >= 11 is 3.38. The van der Waals surface area contributed by atoms with E-state index in [-0.39, 0.29) is 11.3 Å². The van der Waals surface area contributed by atoms with Crippen molar-refractivity contribution < 1.29 is 14.3 Å². The molecule has 2 N–H and O–H groups in total. The SMILES string of the molecule is COc1ccc(C(=O)CCC(C)(C)N)c(OC)c1Br. The highest BCUT2D eigenvalue weighted by Crippen LogP contribution is 2.37. The third-order valence-corrected chi connectivity index (χ3v) is 3.53. The molecule has 5 heteroatoms. The standard InChI is InChI=1S/C14H20BrNO3/c1-14(2,16)8-7-10(17)9-5-6-11(18-3)12(15)13(9)19-4/h5-6H,7-8,16H2,1-4H3. The first-order chi connectivity index (χ1) is 8.80. The maximum absolute atomic E-state index is 12.2. The second-order valence-electron chi connectivity index (χ2n) is 5.07. The van der Waals surface area contributed by atoms with Gasteiger partial charge in [-0.05, 0) is 48.3 Å². The predicted molar refractivity (Wildman–Crippen MR) is 79.1 cm³/mol. The number of halogens is 1. The van der Waals surface area contributed by atoms with E-state index in [4.69, 9.17) is 15.2 Å². The summed E-state index contributed by atoms with van der Waals surface area (Å²) in [4.78, 5) is 12.2. The minimum absolute atomic E-state index is 0.0127. The molecule has 0 unspecified atom stereocenters. The molecule has 0 amide bonds. The molecule has 1 aromatic rings. The van der Waals surface area contributed by atoms with Crippen molar-refractivity contribution in [2.24, 2.45) is 5.73 Å². The van der Waals surface area contributed by atoms with Gasteiger partial charge in [-0.25, -0.2) is 0 Å². The Balaban J connectivity index is 3.00. The number of ketones is 1. The highest BCUT2D eigenvalue weighted by Gasteiger charge is 2.20. The number of ether oxygens (including phenoxy) is 2. The summed E-state index contributed by atoms with van der Waals surface area (Å²) in [6.45, 7) is 3.81. The summed E-state index contributed by atoms with van der Waals surface area (Å²) in [5.41, 5.74) is 6.08. The van der Waals surface area contributed by atoms with Gasteiger partial charge in [-0.2, -0.15) is 0 Å². The van der Waals surface area contributed by atoms with Gasteiger partial charge in [-0.15, -0.1) is 0 Å². The molecule has 0 aromatic heterocycles. The average Bonchev–Trinajstić information content (AvgIpc) is 2.34. The van der Waals surface area contributed by atoms with Gasteiger partial charge in [0.15, 0.2) is 5.78 Å². The van der Waals surface area contributed by atoms with Gasteiger partial charge in [0, 0.05) is 12.0 Å². The predicted octanol–water partition coefficient (Wildman–Crippen LogP) is 3.17. The molecule has 0 aliphatic carbocycles. The number of hydrogen-bond donors (Lipinski definition) is 1. The largest absolute Gasteiger partial charge is 0.495 e. The molecule has 0 heterocycles. The lowest BCUT2D eigenvalue weighted by atomic mass is 9.95. The van der Waals surface area contributed by atoms with Crippen molar-refractivity contribution in [1.82, 2.24) is 0 Å². The Bertz CT molecular complexity index is 466. The summed E-state index contributed by atoms with van der Waals surface area (Å²) < 4.78 is 11.1. The Hall–Kier alpha value is -1.07. The van der Waals surface area contributed by atoms with Crippen molar-refractivity contribution in [1.29, 1.82) is 0 Å². The Morgan fingerprint density at radius 1 is 1.32 bits per heavy atom. The van der Waals surface area contributed by atoms with Crippen molar-refractivity contribution >= 4 is 21.7 Å². The van der Waals surface area contributed by atoms with Crippen LogP contribution in [-0.4, -0.2) is 25.5 Å². The number of hydrogen-bond acceptors (Lipinski definition) is 4. The van der Waals surface area contributed by atoms with Gasteiger partial charge in [0.25, 0.3) is 0 Å². The minimum Gasteiger partial charge on any atom is -0.495 e. The van der Waals surface area contributed by atoms with Crippen LogP contribution in [-0.2, 0) is 0 Å². The van der Waals surface area contributed by atoms with E-state index >= 15 is 0 Å². The van der Waals surface area contributed by atoms with Gasteiger partial charge in [0.2, 0.25) is 0 Å². The molecule has 0 fully saturated rings. The molecule has 4 nitrogen and oxygen atoms in total. The molecule has 0 saturated heterocycles. The minimum atomic E-state index is -0.355. The first-order valence-electron chi connectivity index (χ1n) is 6.02.